The lowest BCUT2D eigenvalue weighted by Gasteiger charge is -2.36. The highest BCUT2D eigenvalue weighted by molar-refractivity contribution is 4.81. The molecule has 0 unspecified atom stereocenters. The van der Waals surface area contributed by atoms with Crippen LogP contribution in [-0.2, 0) is 4.74 Å². The van der Waals surface area contributed by atoms with E-state index in [1.54, 1.807) is 0 Å². The molecule has 0 heterocycles. The summed E-state index contributed by atoms with van der Waals surface area (Å²) in [7, 11) is 0. The molecular formula is C11H22O. The van der Waals surface area contributed by atoms with Gasteiger partial charge >= 0.3 is 0 Å². The van der Waals surface area contributed by atoms with Crippen molar-refractivity contribution in [1.29, 1.82) is 0 Å². The first kappa shape index (κ1) is 10.0. The zero-order chi connectivity index (χ0) is 9.03. The number of ether oxygens (including phenoxy) is 1. The van der Waals surface area contributed by atoms with Crippen molar-refractivity contribution in [1.82, 2.24) is 0 Å². The SMILES string of the molecule is CCCOC1(C)CCC(C)CC1. The molecule has 0 aromatic carbocycles. The Morgan fingerprint density at radius 3 is 2.42 bits per heavy atom. The van der Waals surface area contributed by atoms with Crippen LogP contribution in [0.15, 0.2) is 0 Å². The van der Waals surface area contributed by atoms with Gasteiger partial charge in [-0.1, -0.05) is 13.8 Å². The molecule has 0 radical (unpaired) electrons. The maximum absolute atomic E-state index is 5.87. The summed E-state index contributed by atoms with van der Waals surface area (Å²) in [6.07, 6.45) is 6.36. The Bertz CT molecular complexity index is 117. The van der Waals surface area contributed by atoms with Crippen LogP contribution >= 0.6 is 0 Å². The Balaban J connectivity index is 2.29. The fourth-order valence-corrected chi connectivity index (χ4v) is 1.87. The van der Waals surface area contributed by atoms with E-state index in [1.165, 1.54) is 25.7 Å². The van der Waals surface area contributed by atoms with Crippen LogP contribution in [0.1, 0.15) is 52.9 Å². The van der Waals surface area contributed by atoms with Crippen LogP contribution < -0.4 is 0 Å². The molecule has 1 heteroatoms. The monoisotopic (exact) mass is 170 g/mol. The number of rotatable bonds is 3. The van der Waals surface area contributed by atoms with E-state index in [-0.39, 0.29) is 5.60 Å². The highest BCUT2D eigenvalue weighted by Crippen LogP contribution is 2.34. The Labute approximate surface area is 76.5 Å². The van der Waals surface area contributed by atoms with Gasteiger partial charge < -0.3 is 4.74 Å². The lowest BCUT2D eigenvalue weighted by Crippen LogP contribution is -2.33. The van der Waals surface area contributed by atoms with Gasteiger partial charge in [-0.3, -0.25) is 0 Å². The molecule has 1 nitrogen and oxygen atoms in total. The summed E-state index contributed by atoms with van der Waals surface area (Å²) in [4.78, 5) is 0. The average Bonchev–Trinajstić information content (AvgIpc) is 2.08. The first-order valence-corrected chi connectivity index (χ1v) is 5.30. The van der Waals surface area contributed by atoms with Crippen LogP contribution in [0.5, 0.6) is 0 Å². The molecular weight excluding hydrogens is 148 g/mol. The quantitative estimate of drug-likeness (QED) is 0.631. The van der Waals surface area contributed by atoms with Gasteiger partial charge in [0.05, 0.1) is 5.60 Å². The van der Waals surface area contributed by atoms with Crippen LogP contribution in [-0.4, -0.2) is 12.2 Å². The molecule has 0 aromatic heterocycles. The van der Waals surface area contributed by atoms with Crippen molar-refractivity contribution >= 4 is 0 Å². The largest absolute Gasteiger partial charge is 0.375 e. The molecule has 72 valence electrons. The van der Waals surface area contributed by atoms with E-state index in [0.717, 1.165) is 18.9 Å². The molecule has 1 rings (SSSR count). The van der Waals surface area contributed by atoms with Crippen molar-refractivity contribution in [2.24, 2.45) is 5.92 Å². The van der Waals surface area contributed by atoms with Gasteiger partial charge in [-0.05, 0) is 44.9 Å². The summed E-state index contributed by atoms with van der Waals surface area (Å²) in [6.45, 7) is 7.73. The fourth-order valence-electron chi connectivity index (χ4n) is 1.87. The molecule has 0 atom stereocenters. The fraction of sp³-hybridized carbons (Fsp3) is 1.00. The molecule has 1 aliphatic rings. The van der Waals surface area contributed by atoms with Crippen molar-refractivity contribution in [2.75, 3.05) is 6.61 Å². The molecule has 0 spiro atoms. The number of hydrogen-bond donors (Lipinski definition) is 0. The zero-order valence-corrected chi connectivity index (χ0v) is 8.73. The molecule has 0 amide bonds. The summed E-state index contributed by atoms with van der Waals surface area (Å²) in [5.74, 6) is 0.920. The van der Waals surface area contributed by atoms with Gasteiger partial charge in [-0.2, -0.15) is 0 Å². The summed E-state index contributed by atoms with van der Waals surface area (Å²) >= 11 is 0. The van der Waals surface area contributed by atoms with Crippen LogP contribution in [0.3, 0.4) is 0 Å². The highest BCUT2D eigenvalue weighted by Gasteiger charge is 2.29. The highest BCUT2D eigenvalue weighted by atomic mass is 16.5. The zero-order valence-electron chi connectivity index (χ0n) is 8.73. The van der Waals surface area contributed by atoms with Crippen LogP contribution in [0, 0.1) is 5.92 Å². The van der Waals surface area contributed by atoms with Crippen molar-refractivity contribution in [2.45, 2.75) is 58.5 Å². The summed E-state index contributed by atoms with van der Waals surface area (Å²) in [6, 6.07) is 0. The lowest BCUT2D eigenvalue weighted by atomic mass is 9.81. The Morgan fingerprint density at radius 1 is 1.33 bits per heavy atom. The third-order valence-corrected chi connectivity index (χ3v) is 2.99. The van der Waals surface area contributed by atoms with E-state index in [9.17, 15) is 0 Å². The molecule has 1 fully saturated rings. The van der Waals surface area contributed by atoms with Gasteiger partial charge in [0.1, 0.15) is 0 Å². The van der Waals surface area contributed by atoms with E-state index in [0.29, 0.717) is 0 Å². The molecule has 1 saturated carbocycles. The molecule has 0 saturated heterocycles. The van der Waals surface area contributed by atoms with E-state index >= 15 is 0 Å². The second-order valence-electron chi connectivity index (χ2n) is 4.48. The van der Waals surface area contributed by atoms with Gasteiger partial charge in [-0.15, -0.1) is 0 Å². The third kappa shape index (κ3) is 2.78. The predicted octanol–water partition coefficient (Wildman–Crippen LogP) is 3.38. The van der Waals surface area contributed by atoms with Crippen LogP contribution in [0.4, 0.5) is 0 Å². The summed E-state index contributed by atoms with van der Waals surface area (Å²) in [5, 5.41) is 0. The van der Waals surface area contributed by atoms with Crippen molar-refractivity contribution in [3.63, 3.8) is 0 Å². The standard InChI is InChI=1S/C11H22O/c1-4-9-12-11(3)7-5-10(2)6-8-11/h10H,4-9H2,1-3H3. The van der Waals surface area contributed by atoms with E-state index in [2.05, 4.69) is 20.8 Å². The first-order chi connectivity index (χ1) is 5.66. The Kier molecular flexibility index (Phi) is 3.57. The normalized spacial score (nSPS) is 36.8. The van der Waals surface area contributed by atoms with Crippen LogP contribution in [0.25, 0.3) is 0 Å². The van der Waals surface area contributed by atoms with E-state index in [1.807, 2.05) is 0 Å². The molecule has 1 aliphatic carbocycles. The van der Waals surface area contributed by atoms with Crippen molar-refractivity contribution in [3.05, 3.63) is 0 Å². The smallest absolute Gasteiger partial charge is 0.0654 e. The van der Waals surface area contributed by atoms with Crippen molar-refractivity contribution in [3.8, 4) is 0 Å². The predicted molar refractivity (Wildman–Crippen MR) is 52.3 cm³/mol. The van der Waals surface area contributed by atoms with E-state index < -0.39 is 0 Å². The molecule has 0 bridgehead atoms. The second kappa shape index (κ2) is 4.27. The maximum atomic E-state index is 5.87. The van der Waals surface area contributed by atoms with Gasteiger partial charge in [-0.25, -0.2) is 0 Å². The minimum absolute atomic E-state index is 0.211. The van der Waals surface area contributed by atoms with Crippen LogP contribution in [0.2, 0.25) is 0 Å². The Morgan fingerprint density at radius 2 is 1.92 bits per heavy atom. The minimum atomic E-state index is 0.211. The molecule has 0 aromatic rings. The maximum Gasteiger partial charge on any atom is 0.0654 e. The van der Waals surface area contributed by atoms with Gasteiger partial charge in [0.15, 0.2) is 0 Å². The van der Waals surface area contributed by atoms with Crippen molar-refractivity contribution < 1.29 is 4.74 Å². The molecule has 0 aliphatic heterocycles. The molecule has 0 N–H and O–H groups in total. The molecule has 12 heavy (non-hydrogen) atoms. The van der Waals surface area contributed by atoms with Gasteiger partial charge in [0, 0.05) is 6.61 Å². The van der Waals surface area contributed by atoms with Gasteiger partial charge in [0.2, 0.25) is 0 Å². The van der Waals surface area contributed by atoms with E-state index in [4.69, 9.17) is 4.74 Å². The Hall–Kier alpha value is -0.0400. The average molecular weight is 170 g/mol. The van der Waals surface area contributed by atoms with Gasteiger partial charge in [0.25, 0.3) is 0 Å². The first-order valence-electron chi connectivity index (χ1n) is 5.30. The minimum Gasteiger partial charge on any atom is -0.375 e. The second-order valence-corrected chi connectivity index (χ2v) is 4.48. The summed E-state index contributed by atoms with van der Waals surface area (Å²) < 4.78 is 5.87. The topological polar surface area (TPSA) is 9.23 Å². The summed E-state index contributed by atoms with van der Waals surface area (Å²) in [5.41, 5.74) is 0.211. The lowest BCUT2D eigenvalue weighted by molar-refractivity contribution is -0.0629. The third-order valence-electron chi connectivity index (χ3n) is 2.99. The number of hydrogen-bond acceptors (Lipinski definition) is 1.